The van der Waals surface area contributed by atoms with Crippen molar-refractivity contribution in [1.29, 1.82) is 0 Å². The topological polar surface area (TPSA) is 83.9 Å². The van der Waals surface area contributed by atoms with Crippen LogP contribution in [0.2, 0.25) is 0 Å². The second-order valence-corrected chi connectivity index (χ2v) is 10.7. The van der Waals surface area contributed by atoms with E-state index in [2.05, 4.69) is 4.90 Å². The first-order valence-corrected chi connectivity index (χ1v) is 11.4. The van der Waals surface area contributed by atoms with Crippen LogP contribution in [0.4, 0.5) is 3.89 Å². The van der Waals surface area contributed by atoms with Crippen LogP contribution in [-0.4, -0.2) is 54.2 Å². The number of phenolic OH excluding ortho intramolecular Hbond substituents is 1. The molecule has 1 spiro atoms. The minimum absolute atomic E-state index is 0.0204. The maximum atomic E-state index is 15.3. The van der Waals surface area contributed by atoms with E-state index < -0.39 is 32.5 Å². The number of piperidine rings is 1. The van der Waals surface area contributed by atoms with Crippen molar-refractivity contribution in [2.45, 2.75) is 60.8 Å². The van der Waals surface area contributed by atoms with E-state index in [1.807, 2.05) is 0 Å². The number of rotatable bonds is 3. The van der Waals surface area contributed by atoms with E-state index in [0.717, 1.165) is 24.9 Å². The van der Waals surface area contributed by atoms with Gasteiger partial charge < -0.3 is 9.84 Å². The van der Waals surface area contributed by atoms with Crippen molar-refractivity contribution >= 4 is 16.0 Å². The van der Waals surface area contributed by atoms with E-state index in [1.54, 1.807) is 6.07 Å². The number of ether oxygens (including phenoxy) is 1. The van der Waals surface area contributed by atoms with Crippen LogP contribution in [0.3, 0.4) is 0 Å². The first-order valence-electron chi connectivity index (χ1n) is 10.0. The van der Waals surface area contributed by atoms with Gasteiger partial charge in [0.25, 0.3) is 0 Å². The van der Waals surface area contributed by atoms with E-state index >= 15 is 3.89 Å². The number of carbonyl (C=O) groups is 1. The van der Waals surface area contributed by atoms with Crippen LogP contribution < -0.4 is 4.74 Å². The average Bonchev–Trinajstić information content (AvgIpc) is 3.37. The summed E-state index contributed by atoms with van der Waals surface area (Å²) in [5.74, 6) is 0.419. The predicted molar refractivity (Wildman–Crippen MR) is 97.6 cm³/mol. The summed E-state index contributed by atoms with van der Waals surface area (Å²) in [6.07, 6.45) is 1.91. The number of hydrogen-bond acceptors (Lipinski definition) is 6. The van der Waals surface area contributed by atoms with Gasteiger partial charge in [0.15, 0.2) is 23.4 Å². The van der Waals surface area contributed by atoms with Crippen LogP contribution in [0.5, 0.6) is 11.5 Å². The van der Waals surface area contributed by atoms with Crippen molar-refractivity contribution in [2.75, 3.05) is 13.1 Å². The molecule has 28 heavy (non-hydrogen) atoms. The quantitative estimate of drug-likeness (QED) is 0.770. The molecule has 3 fully saturated rings. The van der Waals surface area contributed by atoms with Crippen molar-refractivity contribution in [3.8, 4) is 11.5 Å². The Bertz CT molecular complexity index is 1020. The SMILES string of the molecule is O=C1CC[C@@]2(S(=O)(=O)F)[C@H]3Cc4ccc(O)c5c4[C@@]2(CCN3CC2CC2)[C@H]1O5. The van der Waals surface area contributed by atoms with Gasteiger partial charge in [-0.25, -0.2) is 0 Å². The van der Waals surface area contributed by atoms with Crippen LogP contribution in [0, 0.1) is 5.92 Å². The number of benzene rings is 1. The number of hydrogen-bond donors (Lipinski definition) is 1. The lowest BCUT2D eigenvalue weighted by atomic mass is 9.51. The monoisotopic (exact) mass is 407 g/mol. The van der Waals surface area contributed by atoms with Gasteiger partial charge in [0.2, 0.25) is 0 Å². The lowest BCUT2D eigenvalue weighted by molar-refractivity contribution is -0.136. The minimum Gasteiger partial charge on any atom is -0.504 e. The second-order valence-electron chi connectivity index (χ2n) is 9.12. The maximum Gasteiger partial charge on any atom is 0.310 e. The standard InChI is InChI=1S/C20H22FNO5S/c21-28(25,26)20-6-5-14(24)18-19(20)7-8-22(10-11-1-2-11)15(20)9-12-3-4-13(23)17(27-18)16(12)19/h3-4,11,15,18,23H,1-2,5-10H2/t15-,18+,19+,20-/m1/s1. The fourth-order valence-electron chi connectivity index (χ4n) is 6.73. The first kappa shape index (κ1) is 17.2. The summed E-state index contributed by atoms with van der Waals surface area (Å²) in [6.45, 7) is 1.39. The molecule has 8 heteroatoms. The highest BCUT2D eigenvalue weighted by molar-refractivity contribution is 7.88. The molecule has 0 radical (unpaired) electrons. The Morgan fingerprint density at radius 1 is 1.29 bits per heavy atom. The van der Waals surface area contributed by atoms with Gasteiger partial charge in [0.05, 0.1) is 5.41 Å². The van der Waals surface area contributed by atoms with E-state index in [1.165, 1.54) is 6.07 Å². The van der Waals surface area contributed by atoms with Crippen LogP contribution >= 0.6 is 0 Å². The van der Waals surface area contributed by atoms with Gasteiger partial charge >= 0.3 is 10.2 Å². The minimum atomic E-state index is -5.00. The molecule has 2 aliphatic heterocycles. The molecule has 2 heterocycles. The predicted octanol–water partition coefficient (Wildman–Crippen LogP) is 1.83. The third-order valence-electron chi connectivity index (χ3n) is 7.95. The molecule has 1 aromatic carbocycles. The van der Waals surface area contributed by atoms with E-state index in [-0.39, 0.29) is 30.1 Å². The average molecular weight is 407 g/mol. The fourth-order valence-corrected chi connectivity index (χ4v) is 8.38. The molecule has 3 aliphatic carbocycles. The van der Waals surface area contributed by atoms with Gasteiger partial charge in [-0.1, -0.05) is 6.07 Å². The molecular weight excluding hydrogens is 385 g/mol. The van der Waals surface area contributed by atoms with Gasteiger partial charge in [0, 0.05) is 24.6 Å². The molecule has 4 atom stereocenters. The second kappa shape index (κ2) is 5.08. The lowest BCUT2D eigenvalue weighted by Crippen LogP contribution is -2.78. The van der Waals surface area contributed by atoms with E-state index in [9.17, 15) is 18.3 Å². The van der Waals surface area contributed by atoms with Crippen LogP contribution in [0.25, 0.3) is 0 Å². The summed E-state index contributed by atoms with van der Waals surface area (Å²) in [6, 6.07) is 2.80. The number of ketones is 1. The first-order chi connectivity index (χ1) is 13.3. The summed E-state index contributed by atoms with van der Waals surface area (Å²) in [5.41, 5.74) is 0.186. The van der Waals surface area contributed by atoms with Crippen molar-refractivity contribution in [2.24, 2.45) is 5.92 Å². The Kier molecular flexibility index (Phi) is 3.12. The molecule has 6 nitrogen and oxygen atoms in total. The largest absolute Gasteiger partial charge is 0.504 e. The maximum absolute atomic E-state index is 15.3. The summed E-state index contributed by atoms with van der Waals surface area (Å²) < 4.78 is 45.2. The number of Topliss-reactive ketones (excluding diaryl/α,β-unsaturated/α-hetero) is 1. The zero-order valence-electron chi connectivity index (χ0n) is 15.4. The van der Waals surface area contributed by atoms with Gasteiger partial charge in [-0.3, -0.25) is 9.69 Å². The zero-order valence-corrected chi connectivity index (χ0v) is 16.2. The molecule has 1 N–H and O–H groups in total. The highest BCUT2D eigenvalue weighted by Crippen LogP contribution is 2.67. The van der Waals surface area contributed by atoms with Crippen molar-refractivity contribution in [3.05, 3.63) is 23.3 Å². The number of likely N-dealkylation sites (tertiary alicyclic amines) is 1. The number of halogens is 1. The zero-order chi connectivity index (χ0) is 19.5. The van der Waals surface area contributed by atoms with Crippen LogP contribution in [0.1, 0.15) is 43.2 Å². The molecular formula is C20H22FNO5S. The van der Waals surface area contributed by atoms with Gasteiger partial charge in [-0.05, 0) is 56.2 Å². The van der Waals surface area contributed by atoms with Crippen LogP contribution in [-0.2, 0) is 26.9 Å². The Balaban J connectivity index is 1.66. The number of carbonyl (C=O) groups excluding carboxylic acids is 1. The normalized spacial score (nSPS) is 38.8. The van der Waals surface area contributed by atoms with E-state index in [4.69, 9.17) is 4.74 Å². The molecule has 0 aromatic heterocycles. The molecule has 1 saturated heterocycles. The van der Waals surface area contributed by atoms with Crippen LogP contribution in [0.15, 0.2) is 12.1 Å². The molecule has 150 valence electrons. The highest BCUT2D eigenvalue weighted by atomic mass is 32.3. The summed E-state index contributed by atoms with van der Waals surface area (Å²) >= 11 is 0. The Morgan fingerprint density at radius 2 is 2.07 bits per heavy atom. The molecule has 0 unspecified atom stereocenters. The van der Waals surface area contributed by atoms with Crippen molar-refractivity contribution in [1.82, 2.24) is 4.90 Å². The number of aromatic hydroxyl groups is 1. The summed E-state index contributed by atoms with van der Waals surface area (Å²) in [5, 5.41) is 10.4. The summed E-state index contributed by atoms with van der Waals surface area (Å²) in [4.78, 5) is 15.0. The third kappa shape index (κ3) is 1.78. The smallest absolute Gasteiger partial charge is 0.310 e. The Morgan fingerprint density at radius 3 is 2.79 bits per heavy atom. The Hall–Kier alpha value is -1.67. The molecule has 0 amide bonds. The fraction of sp³-hybridized carbons (Fsp3) is 0.650. The molecule has 1 aromatic rings. The number of nitrogens with zero attached hydrogens (tertiary/aromatic N) is 1. The summed E-state index contributed by atoms with van der Waals surface area (Å²) in [7, 11) is -5.00. The van der Waals surface area contributed by atoms with E-state index in [0.29, 0.717) is 30.9 Å². The van der Waals surface area contributed by atoms with Gasteiger partial charge in [-0.15, -0.1) is 3.89 Å². The highest BCUT2D eigenvalue weighted by Gasteiger charge is 2.78. The molecule has 2 saturated carbocycles. The Labute approximate surface area is 162 Å². The molecule has 6 rings (SSSR count). The lowest BCUT2D eigenvalue weighted by Gasteiger charge is -2.62. The van der Waals surface area contributed by atoms with Crippen molar-refractivity contribution < 1.29 is 26.9 Å². The third-order valence-corrected chi connectivity index (χ3v) is 9.66. The van der Waals surface area contributed by atoms with Crippen molar-refractivity contribution in [3.63, 3.8) is 0 Å². The molecule has 2 bridgehead atoms. The number of phenols is 1. The van der Waals surface area contributed by atoms with Gasteiger partial charge in [-0.2, -0.15) is 8.42 Å². The van der Waals surface area contributed by atoms with Gasteiger partial charge in [0.1, 0.15) is 4.75 Å². The molecule has 5 aliphatic rings.